The Balaban J connectivity index is 2.02. The first-order valence-electron chi connectivity index (χ1n) is 7.66. The molecule has 0 aliphatic heterocycles. The van der Waals surface area contributed by atoms with Crippen LogP contribution in [0.4, 0.5) is 0 Å². The third-order valence-corrected chi connectivity index (χ3v) is 6.13. The van der Waals surface area contributed by atoms with Crippen molar-refractivity contribution in [2.24, 2.45) is 23.2 Å². The lowest BCUT2D eigenvalue weighted by Crippen LogP contribution is -2.41. The number of alkyl halides is 1. The molecule has 2 saturated carbocycles. The summed E-state index contributed by atoms with van der Waals surface area (Å²) < 4.78 is 0. The van der Waals surface area contributed by atoms with Crippen molar-refractivity contribution < 1.29 is 0 Å². The highest BCUT2D eigenvalue weighted by atomic mass is 35.5. The molecule has 0 aromatic carbocycles. The Morgan fingerprint density at radius 3 is 2.18 bits per heavy atom. The summed E-state index contributed by atoms with van der Waals surface area (Å²) >= 11 is 6.68. The molecule has 2 fully saturated rings. The fraction of sp³-hybridized carbons (Fsp3) is 1.00. The number of halogens is 1. The maximum absolute atomic E-state index is 6.68. The van der Waals surface area contributed by atoms with Crippen LogP contribution in [0.1, 0.15) is 72.1 Å². The summed E-state index contributed by atoms with van der Waals surface area (Å²) in [6.07, 6.45) is 11.2. The van der Waals surface area contributed by atoms with Gasteiger partial charge in [0.15, 0.2) is 0 Å². The van der Waals surface area contributed by atoms with E-state index in [1.54, 1.807) is 0 Å². The molecule has 0 aromatic rings. The lowest BCUT2D eigenvalue weighted by Gasteiger charge is -2.47. The summed E-state index contributed by atoms with van der Waals surface area (Å²) in [5.41, 5.74) is 0.465. The lowest BCUT2D eigenvalue weighted by atomic mass is 9.60. The molecule has 3 unspecified atom stereocenters. The van der Waals surface area contributed by atoms with Crippen LogP contribution in [0.25, 0.3) is 0 Å². The predicted octanol–water partition coefficient (Wildman–Crippen LogP) is 5.64. The molecule has 0 radical (unpaired) electrons. The maximum Gasteiger partial charge on any atom is 0.0372 e. The Morgan fingerprint density at radius 1 is 0.941 bits per heavy atom. The standard InChI is InChI=1S/C16H29Cl/c1-12-9-10-14(15(17)11-12)16(2,3)13-7-5-4-6-8-13/h12-15H,4-11H2,1-3H3. The van der Waals surface area contributed by atoms with Crippen LogP contribution in [0.5, 0.6) is 0 Å². The molecule has 0 N–H and O–H groups in total. The van der Waals surface area contributed by atoms with Crippen molar-refractivity contribution in [2.45, 2.75) is 77.5 Å². The van der Waals surface area contributed by atoms with Crippen molar-refractivity contribution in [1.29, 1.82) is 0 Å². The molecule has 100 valence electrons. The van der Waals surface area contributed by atoms with Crippen molar-refractivity contribution in [3.05, 3.63) is 0 Å². The topological polar surface area (TPSA) is 0 Å². The molecule has 0 amide bonds. The van der Waals surface area contributed by atoms with Crippen molar-refractivity contribution in [2.75, 3.05) is 0 Å². The highest BCUT2D eigenvalue weighted by molar-refractivity contribution is 6.20. The molecule has 0 aromatic heterocycles. The van der Waals surface area contributed by atoms with Gasteiger partial charge in [0.2, 0.25) is 0 Å². The highest BCUT2D eigenvalue weighted by Gasteiger charge is 2.42. The molecule has 1 heteroatoms. The molecular formula is C16H29Cl. The van der Waals surface area contributed by atoms with E-state index in [0.717, 1.165) is 17.8 Å². The van der Waals surface area contributed by atoms with Gasteiger partial charge < -0.3 is 0 Å². The number of hydrogen-bond acceptors (Lipinski definition) is 0. The summed E-state index contributed by atoms with van der Waals surface area (Å²) in [7, 11) is 0. The van der Waals surface area contributed by atoms with Crippen LogP contribution in [-0.2, 0) is 0 Å². The van der Waals surface area contributed by atoms with Crippen LogP contribution in [-0.4, -0.2) is 5.38 Å². The Morgan fingerprint density at radius 2 is 1.59 bits per heavy atom. The number of rotatable bonds is 2. The van der Waals surface area contributed by atoms with Gasteiger partial charge in [0.05, 0.1) is 0 Å². The van der Waals surface area contributed by atoms with E-state index < -0.39 is 0 Å². The second kappa shape index (κ2) is 5.51. The maximum atomic E-state index is 6.68. The van der Waals surface area contributed by atoms with Gasteiger partial charge in [0.1, 0.15) is 0 Å². The summed E-state index contributed by atoms with van der Waals surface area (Å²) in [5.74, 6) is 2.52. The average Bonchev–Trinajstić information content (AvgIpc) is 2.29. The van der Waals surface area contributed by atoms with Crippen LogP contribution in [0, 0.1) is 23.2 Å². The minimum atomic E-state index is 0.427. The van der Waals surface area contributed by atoms with E-state index in [4.69, 9.17) is 11.6 Å². The van der Waals surface area contributed by atoms with Gasteiger partial charge in [0.25, 0.3) is 0 Å². The van der Waals surface area contributed by atoms with Crippen LogP contribution in [0.2, 0.25) is 0 Å². The second-order valence-electron chi connectivity index (χ2n) is 7.20. The molecule has 0 saturated heterocycles. The SMILES string of the molecule is CC1CCC(C(C)(C)C2CCCCC2)C(Cl)C1. The molecule has 2 rings (SSSR count). The van der Waals surface area contributed by atoms with Gasteiger partial charge in [0, 0.05) is 5.38 Å². The summed E-state index contributed by atoms with van der Waals surface area (Å²) in [6.45, 7) is 7.36. The summed E-state index contributed by atoms with van der Waals surface area (Å²) in [4.78, 5) is 0. The van der Waals surface area contributed by atoms with Gasteiger partial charge in [-0.25, -0.2) is 0 Å². The van der Waals surface area contributed by atoms with E-state index in [1.807, 2.05) is 0 Å². The van der Waals surface area contributed by atoms with Crippen LogP contribution >= 0.6 is 11.6 Å². The molecule has 2 aliphatic rings. The van der Waals surface area contributed by atoms with Crippen LogP contribution in [0.3, 0.4) is 0 Å². The zero-order valence-corrected chi connectivity index (χ0v) is 12.6. The number of hydrogen-bond donors (Lipinski definition) is 0. The fourth-order valence-electron chi connectivity index (χ4n) is 4.30. The van der Waals surface area contributed by atoms with Crippen molar-refractivity contribution in [3.8, 4) is 0 Å². The van der Waals surface area contributed by atoms with Gasteiger partial charge in [-0.3, -0.25) is 0 Å². The first-order valence-corrected chi connectivity index (χ1v) is 8.09. The minimum Gasteiger partial charge on any atom is -0.123 e. The molecule has 3 atom stereocenters. The molecule has 17 heavy (non-hydrogen) atoms. The van der Waals surface area contributed by atoms with E-state index in [9.17, 15) is 0 Å². The van der Waals surface area contributed by atoms with E-state index >= 15 is 0 Å². The van der Waals surface area contributed by atoms with Gasteiger partial charge in [-0.05, 0) is 48.9 Å². The van der Waals surface area contributed by atoms with Crippen molar-refractivity contribution >= 4 is 11.6 Å². The van der Waals surface area contributed by atoms with Gasteiger partial charge in [-0.1, -0.05) is 46.5 Å². The molecule has 0 heterocycles. The van der Waals surface area contributed by atoms with Gasteiger partial charge in [-0.2, -0.15) is 0 Å². The smallest absolute Gasteiger partial charge is 0.0372 e. The third kappa shape index (κ3) is 3.00. The molecule has 2 aliphatic carbocycles. The van der Waals surface area contributed by atoms with E-state index in [-0.39, 0.29) is 0 Å². The van der Waals surface area contributed by atoms with E-state index in [0.29, 0.717) is 10.8 Å². The second-order valence-corrected chi connectivity index (χ2v) is 7.76. The van der Waals surface area contributed by atoms with E-state index in [2.05, 4.69) is 20.8 Å². The average molecular weight is 257 g/mol. The fourth-order valence-corrected chi connectivity index (χ4v) is 5.05. The first-order chi connectivity index (χ1) is 8.01. The Labute approximate surface area is 113 Å². The van der Waals surface area contributed by atoms with Crippen molar-refractivity contribution in [3.63, 3.8) is 0 Å². The molecular weight excluding hydrogens is 228 g/mol. The van der Waals surface area contributed by atoms with Gasteiger partial charge in [-0.15, -0.1) is 11.6 Å². The zero-order valence-electron chi connectivity index (χ0n) is 11.8. The summed E-state index contributed by atoms with van der Waals surface area (Å²) in [6, 6.07) is 0. The Kier molecular flexibility index (Phi) is 4.45. The molecule has 0 spiro atoms. The normalized spacial score (nSPS) is 37.1. The predicted molar refractivity (Wildman–Crippen MR) is 76.5 cm³/mol. The summed E-state index contributed by atoms with van der Waals surface area (Å²) in [5, 5.41) is 0.427. The first kappa shape index (κ1) is 13.7. The van der Waals surface area contributed by atoms with Crippen LogP contribution < -0.4 is 0 Å². The third-order valence-electron chi connectivity index (χ3n) is 5.65. The Bertz CT molecular complexity index is 240. The minimum absolute atomic E-state index is 0.427. The van der Waals surface area contributed by atoms with Crippen molar-refractivity contribution in [1.82, 2.24) is 0 Å². The molecule has 0 nitrogen and oxygen atoms in total. The lowest BCUT2D eigenvalue weighted by molar-refractivity contribution is 0.0529. The monoisotopic (exact) mass is 256 g/mol. The molecule has 0 bridgehead atoms. The zero-order chi connectivity index (χ0) is 12.5. The Hall–Kier alpha value is 0.290. The quantitative estimate of drug-likeness (QED) is 0.561. The highest BCUT2D eigenvalue weighted by Crippen LogP contribution is 2.50. The van der Waals surface area contributed by atoms with Gasteiger partial charge >= 0.3 is 0 Å². The van der Waals surface area contributed by atoms with Crippen LogP contribution in [0.15, 0.2) is 0 Å². The largest absolute Gasteiger partial charge is 0.123 e. The van der Waals surface area contributed by atoms with E-state index in [1.165, 1.54) is 51.4 Å².